The van der Waals surface area contributed by atoms with E-state index in [1.807, 2.05) is 12.2 Å². The number of allylic oxidation sites excluding steroid dienone is 2. The van der Waals surface area contributed by atoms with Gasteiger partial charge in [0.15, 0.2) is 0 Å². The molecular weight excluding hydrogens is 326 g/mol. The first-order valence-electron chi connectivity index (χ1n) is 4.09. The molecule has 1 aliphatic rings. The largest absolute Gasteiger partial charge is 1.00 e. The fourth-order valence-corrected chi connectivity index (χ4v) is 1.18. The van der Waals surface area contributed by atoms with E-state index in [1.54, 1.807) is 0 Å². The zero-order valence-electron chi connectivity index (χ0n) is 8.26. The molecular formula is C10H14INZn-. The van der Waals surface area contributed by atoms with Gasteiger partial charge in [-0.25, -0.2) is 0 Å². The Kier molecular flexibility index (Phi) is 11.0. The van der Waals surface area contributed by atoms with Crippen LogP contribution in [0.5, 0.6) is 0 Å². The van der Waals surface area contributed by atoms with Crippen LogP contribution >= 0.6 is 0 Å². The van der Waals surface area contributed by atoms with Crippen molar-refractivity contribution in [1.29, 1.82) is 0 Å². The Labute approximate surface area is 111 Å². The summed E-state index contributed by atoms with van der Waals surface area (Å²) in [7, 11) is 0. The topological polar surface area (TPSA) is 3.24 Å². The van der Waals surface area contributed by atoms with Crippen LogP contribution in [0.3, 0.4) is 0 Å². The molecule has 0 aromatic carbocycles. The fraction of sp³-hybridized carbons (Fsp3) is 0.400. The summed E-state index contributed by atoms with van der Waals surface area (Å²) in [4.78, 5) is 2.31. The number of rotatable bonds is 3. The average Bonchev–Trinajstić information content (AvgIpc) is 2.09. The van der Waals surface area contributed by atoms with Crippen LogP contribution in [0.2, 0.25) is 0 Å². The van der Waals surface area contributed by atoms with Crippen LogP contribution in [0.25, 0.3) is 0 Å². The van der Waals surface area contributed by atoms with E-state index in [-0.39, 0.29) is 43.5 Å². The predicted octanol–water partition coefficient (Wildman–Crippen LogP) is -0.857. The molecule has 69 valence electrons. The summed E-state index contributed by atoms with van der Waals surface area (Å²) in [6, 6.07) is 0. The van der Waals surface area contributed by atoms with E-state index in [1.165, 1.54) is 5.70 Å². The first-order chi connectivity index (χ1) is 5.38. The third kappa shape index (κ3) is 5.00. The minimum absolute atomic E-state index is 0. The van der Waals surface area contributed by atoms with Crippen molar-refractivity contribution >= 4 is 0 Å². The van der Waals surface area contributed by atoms with Crippen LogP contribution in [0, 0.1) is 6.42 Å². The maximum atomic E-state index is 3.01. The van der Waals surface area contributed by atoms with Gasteiger partial charge in [0.05, 0.1) is 0 Å². The van der Waals surface area contributed by atoms with Crippen molar-refractivity contribution in [3.8, 4) is 0 Å². The Balaban J connectivity index is 0. The van der Waals surface area contributed by atoms with Crippen molar-refractivity contribution in [3.05, 3.63) is 36.1 Å². The minimum atomic E-state index is 0. The van der Waals surface area contributed by atoms with Gasteiger partial charge < -0.3 is 28.9 Å². The molecule has 0 N–H and O–H groups in total. The smallest absolute Gasteiger partial charge is 0.0368 e. The van der Waals surface area contributed by atoms with Gasteiger partial charge in [-0.1, -0.05) is 0 Å². The SMILES string of the molecule is CCN(CC)C1=CC=C=C[CH]1.[I-].[Zn]. The summed E-state index contributed by atoms with van der Waals surface area (Å²) in [5.41, 5.74) is 4.30. The quantitative estimate of drug-likeness (QED) is 0.367. The molecule has 0 aromatic heterocycles. The van der Waals surface area contributed by atoms with Gasteiger partial charge >= 0.3 is 0 Å². The maximum absolute atomic E-state index is 3.01. The first-order valence-corrected chi connectivity index (χ1v) is 4.09. The molecule has 0 fully saturated rings. The van der Waals surface area contributed by atoms with Gasteiger partial charge in [0.1, 0.15) is 0 Å². The van der Waals surface area contributed by atoms with E-state index >= 15 is 0 Å². The van der Waals surface area contributed by atoms with Crippen LogP contribution < -0.4 is 24.0 Å². The summed E-state index contributed by atoms with van der Waals surface area (Å²) >= 11 is 0. The third-order valence-electron chi connectivity index (χ3n) is 1.83. The molecule has 13 heavy (non-hydrogen) atoms. The van der Waals surface area contributed by atoms with Crippen molar-refractivity contribution < 1.29 is 43.5 Å². The summed E-state index contributed by atoms with van der Waals surface area (Å²) in [6.07, 6.45) is 8.08. The molecule has 0 unspecified atom stereocenters. The summed E-state index contributed by atoms with van der Waals surface area (Å²) in [6.45, 7) is 6.47. The summed E-state index contributed by atoms with van der Waals surface area (Å²) < 4.78 is 0. The molecule has 1 rings (SSSR count). The van der Waals surface area contributed by atoms with E-state index in [0.29, 0.717) is 0 Å². The molecule has 3 heteroatoms. The monoisotopic (exact) mass is 339 g/mol. The van der Waals surface area contributed by atoms with Gasteiger partial charge in [0, 0.05) is 44.7 Å². The van der Waals surface area contributed by atoms with Crippen LogP contribution in [-0.4, -0.2) is 18.0 Å². The Morgan fingerprint density at radius 1 is 1.23 bits per heavy atom. The number of nitrogens with zero attached hydrogens (tertiary/aromatic N) is 1. The van der Waals surface area contributed by atoms with Crippen molar-refractivity contribution in [1.82, 2.24) is 4.90 Å². The predicted molar refractivity (Wildman–Crippen MR) is 48.0 cm³/mol. The van der Waals surface area contributed by atoms with Gasteiger partial charge in [-0.05, 0) is 32.1 Å². The van der Waals surface area contributed by atoms with E-state index in [9.17, 15) is 0 Å². The Hall–Kier alpha value is 0.413. The molecule has 0 heterocycles. The van der Waals surface area contributed by atoms with Gasteiger partial charge in [-0.3, -0.25) is 0 Å². The Morgan fingerprint density at radius 3 is 2.23 bits per heavy atom. The van der Waals surface area contributed by atoms with Crippen molar-refractivity contribution in [2.24, 2.45) is 0 Å². The molecule has 1 nitrogen and oxygen atoms in total. The molecule has 1 radical (unpaired) electrons. The number of hydrogen-bond donors (Lipinski definition) is 0. The molecule has 0 spiro atoms. The first kappa shape index (κ1) is 15.9. The van der Waals surface area contributed by atoms with Crippen LogP contribution in [0.4, 0.5) is 0 Å². The normalized spacial score (nSPS) is 12.6. The van der Waals surface area contributed by atoms with E-state index < -0.39 is 0 Å². The minimum Gasteiger partial charge on any atom is -1.00 e. The molecule has 0 saturated heterocycles. The molecule has 1 aliphatic carbocycles. The van der Waals surface area contributed by atoms with E-state index in [2.05, 4.69) is 37.0 Å². The summed E-state index contributed by atoms with van der Waals surface area (Å²) in [5, 5.41) is 0. The second-order valence-electron chi connectivity index (χ2n) is 2.43. The van der Waals surface area contributed by atoms with Crippen molar-refractivity contribution in [2.75, 3.05) is 13.1 Å². The van der Waals surface area contributed by atoms with Gasteiger partial charge in [0.25, 0.3) is 0 Å². The van der Waals surface area contributed by atoms with Crippen LogP contribution in [-0.2, 0) is 19.5 Å². The molecule has 0 aliphatic heterocycles. The van der Waals surface area contributed by atoms with Crippen molar-refractivity contribution in [2.45, 2.75) is 13.8 Å². The van der Waals surface area contributed by atoms with Crippen molar-refractivity contribution in [3.63, 3.8) is 0 Å². The number of hydrogen-bond acceptors (Lipinski definition) is 1. The molecule has 0 bridgehead atoms. The van der Waals surface area contributed by atoms with E-state index in [4.69, 9.17) is 0 Å². The zero-order valence-corrected chi connectivity index (χ0v) is 13.4. The number of halogens is 1. The molecule has 0 amide bonds. The fourth-order valence-electron chi connectivity index (χ4n) is 1.18. The van der Waals surface area contributed by atoms with Gasteiger partial charge in [-0.2, -0.15) is 0 Å². The van der Waals surface area contributed by atoms with Crippen LogP contribution in [0.15, 0.2) is 29.7 Å². The second-order valence-corrected chi connectivity index (χ2v) is 2.43. The molecule has 0 saturated carbocycles. The second kappa shape index (κ2) is 8.99. The Bertz CT molecular complexity index is 213. The molecule has 0 atom stereocenters. The average molecular weight is 341 g/mol. The zero-order chi connectivity index (χ0) is 8.10. The van der Waals surface area contributed by atoms with E-state index in [0.717, 1.165) is 13.1 Å². The standard InChI is InChI=1S/C10H14N.HI.Zn/c1-3-11(4-2)10-8-6-5-7-9-10;;/h6-9H,3-4H2,1-2H3;1H;/p-1. The molecule has 0 aromatic rings. The maximum Gasteiger partial charge on any atom is 0.0368 e. The Morgan fingerprint density at radius 2 is 1.85 bits per heavy atom. The van der Waals surface area contributed by atoms with Gasteiger partial charge in [0.2, 0.25) is 0 Å². The summed E-state index contributed by atoms with van der Waals surface area (Å²) in [5.74, 6) is 0. The van der Waals surface area contributed by atoms with Gasteiger partial charge in [-0.15, -0.1) is 5.73 Å². The third-order valence-corrected chi connectivity index (χ3v) is 1.83. The van der Waals surface area contributed by atoms with Crippen LogP contribution in [0.1, 0.15) is 13.8 Å².